The Labute approximate surface area is 126 Å². The molecule has 0 aliphatic rings. The third-order valence-corrected chi connectivity index (χ3v) is 3.60. The Kier molecular flexibility index (Phi) is 5.44. The summed E-state index contributed by atoms with van der Waals surface area (Å²) in [6.45, 7) is 9.62. The average molecular weight is 287 g/mol. The van der Waals surface area contributed by atoms with E-state index in [1.54, 1.807) is 0 Å². The molecule has 5 heteroatoms. The second-order valence-corrected chi connectivity index (χ2v) is 5.84. The first kappa shape index (κ1) is 15.6. The van der Waals surface area contributed by atoms with Crippen LogP contribution in [0.15, 0.2) is 30.3 Å². The summed E-state index contributed by atoms with van der Waals surface area (Å²) in [5.41, 5.74) is 1.24. The summed E-state index contributed by atoms with van der Waals surface area (Å²) in [4.78, 5) is 0. The van der Waals surface area contributed by atoms with Gasteiger partial charge in [0.1, 0.15) is 0 Å². The summed E-state index contributed by atoms with van der Waals surface area (Å²) in [5, 5.41) is 15.8. The molecule has 0 aliphatic carbocycles. The van der Waals surface area contributed by atoms with Gasteiger partial charge in [0, 0.05) is 0 Å². The standard InChI is InChI=1S/C16H25N5/c1-5-15(14-9-7-6-8-10-14)21-16(18-19-20-21)13(4)17-11-12(2)3/h6-10,12-13,15,17H,5,11H2,1-4H3. The first-order valence-corrected chi connectivity index (χ1v) is 7.69. The van der Waals surface area contributed by atoms with E-state index in [-0.39, 0.29) is 12.1 Å². The highest BCUT2D eigenvalue weighted by Gasteiger charge is 2.21. The number of tetrazole rings is 1. The number of hydrogen-bond donors (Lipinski definition) is 1. The van der Waals surface area contributed by atoms with Crippen molar-refractivity contribution in [1.29, 1.82) is 0 Å². The van der Waals surface area contributed by atoms with E-state index in [2.05, 4.69) is 72.8 Å². The van der Waals surface area contributed by atoms with Gasteiger partial charge in [0.15, 0.2) is 5.82 Å². The highest BCUT2D eigenvalue weighted by molar-refractivity contribution is 5.20. The van der Waals surface area contributed by atoms with Crippen LogP contribution in [0.2, 0.25) is 0 Å². The molecule has 5 nitrogen and oxygen atoms in total. The van der Waals surface area contributed by atoms with Crippen LogP contribution in [0.25, 0.3) is 0 Å². The van der Waals surface area contributed by atoms with E-state index in [9.17, 15) is 0 Å². The molecule has 2 atom stereocenters. The Morgan fingerprint density at radius 2 is 1.86 bits per heavy atom. The molecule has 114 valence electrons. The maximum atomic E-state index is 4.23. The maximum Gasteiger partial charge on any atom is 0.168 e. The zero-order valence-corrected chi connectivity index (χ0v) is 13.3. The zero-order chi connectivity index (χ0) is 15.2. The van der Waals surface area contributed by atoms with Crippen molar-refractivity contribution >= 4 is 0 Å². The van der Waals surface area contributed by atoms with E-state index in [4.69, 9.17) is 0 Å². The fourth-order valence-corrected chi connectivity index (χ4v) is 2.44. The Bertz CT molecular complexity index is 535. The van der Waals surface area contributed by atoms with Gasteiger partial charge in [-0.25, -0.2) is 4.68 Å². The molecule has 2 aromatic rings. The molecule has 1 N–H and O–H groups in total. The molecule has 0 bridgehead atoms. The molecular weight excluding hydrogens is 262 g/mol. The molecule has 0 spiro atoms. The summed E-state index contributed by atoms with van der Waals surface area (Å²) in [5.74, 6) is 1.50. The molecule has 21 heavy (non-hydrogen) atoms. The van der Waals surface area contributed by atoms with Gasteiger partial charge in [-0.3, -0.25) is 0 Å². The van der Waals surface area contributed by atoms with Crippen molar-refractivity contribution in [2.24, 2.45) is 5.92 Å². The highest BCUT2D eigenvalue weighted by Crippen LogP contribution is 2.23. The second-order valence-electron chi connectivity index (χ2n) is 5.84. The largest absolute Gasteiger partial charge is 0.307 e. The van der Waals surface area contributed by atoms with Crippen LogP contribution in [0.3, 0.4) is 0 Å². The number of nitrogens with one attached hydrogen (secondary N) is 1. The van der Waals surface area contributed by atoms with Crippen LogP contribution in [-0.4, -0.2) is 26.8 Å². The van der Waals surface area contributed by atoms with Gasteiger partial charge in [0.25, 0.3) is 0 Å². The van der Waals surface area contributed by atoms with Crippen LogP contribution in [0.5, 0.6) is 0 Å². The summed E-state index contributed by atoms with van der Waals surface area (Å²) in [6, 6.07) is 10.7. The summed E-state index contributed by atoms with van der Waals surface area (Å²) >= 11 is 0. The van der Waals surface area contributed by atoms with Crippen LogP contribution >= 0.6 is 0 Å². The molecule has 0 saturated heterocycles. The Balaban J connectivity index is 2.22. The smallest absolute Gasteiger partial charge is 0.168 e. The van der Waals surface area contributed by atoms with Gasteiger partial charge in [0.05, 0.1) is 12.1 Å². The maximum absolute atomic E-state index is 4.23. The third kappa shape index (κ3) is 3.88. The Morgan fingerprint density at radius 3 is 2.48 bits per heavy atom. The van der Waals surface area contributed by atoms with Crippen LogP contribution in [0.1, 0.15) is 57.6 Å². The van der Waals surface area contributed by atoms with Gasteiger partial charge in [-0.15, -0.1) is 5.10 Å². The molecular formula is C16H25N5. The van der Waals surface area contributed by atoms with Gasteiger partial charge in [-0.1, -0.05) is 51.1 Å². The molecule has 0 fully saturated rings. The highest BCUT2D eigenvalue weighted by atomic mass is 15.6. The molecule has 0 radical (unpaired) electrons. The van der Waals surface area contributed by atoms with Gasteiger partial charge in [-0.2, -0.15) is 0 Å². The lowest BCUT2D eigenvalue weighted by Crippen LogP contribution is -2.27. The number of hydrogen-bond acceptors (Lipinski definition) is 4. The summed E-state index contributed by atoms with van der Waals surface area (Å²) in [6.07, 6.45) is 0.957. The van der Waals surface area contributed by atoms with Crippen molar-refractivity contribution < 1.29 is 0 Å². The van der Waals surface area contributed by atoms with E-state index >= 15 is 0 Å². The van der Waals surface area contributed by atoms with Crippen molar-refractivity contribution in [3.63, 3.8) is 0 Å². The van der Waals surface area contributed by atoms with E-state index in [0.717, 1.165) is 18.8 Å². The molecule has 0 saturated carbocycles. The number of benzene rings is 1. The lowest BCUT2D eigenvalue weighted by atomic mass is 10.0. The predicted molar refractivity (Wildman–Crippen MR) is 83.9 cm³/mol. The Morgan fingerprint density at radius 1 is 1.14 bits per heavy atom. The summed E-state index contributed by atoms with van der Waals surface area (Å²) in [7, 11) is 0. The number of rotatable bonds is 7. The van der Waals surface area contributed by atoms with Crippen molar-refractivity contribution in [2.75, 3.05) is 6.54 Å². The SMILES string of the molecule is CCC(c1ccccc1)n1nnnc1C(C)NCC(C)C. The van der Waals surface area contributed by atoms with Gasteiger partial charge < -0.3 is 5.32 Å². The van der Waals surface area contributed by atoms with Gasteiger partial charge in [-0.05, 0) is 41.8 Å². The minimum Gasteiger partial charge on any atom is -0.307 e. The zero-order valence-electron chi connectivity index (χ0n) is 13.3. The average Bonchev–Trinajstić information content (AvgIpc) is 2.96. The molecule has 1 aromatic carbocycles. The van der Waals surface area contributed by atoms with E-state index in [0.29, 0.717) is 5.92 Å². The van der Waals surface area contributed by atoms with Crippen LogP contribution in [0.4, 0.5) is 0 Å². The van der Waals surface area contributed by atoms with E-state index in [1.165, 1.54) is 5.56 Å². The molecule has 1 aromatic heterocycles. The van der Waals surface area contributed by atoms with Crippen molar-refractivity contribution in [3.8, 4) is 0 Å². The quantitative estimate of drug-likeness (QED) is 0.850. The summed E-state index contributed by atoms with van der Waals surface area (Å²) < 4.78 is 1.95. The Hall–Kier alpha value is -1.75. The number of nitrogens with zero attached hydrogens (tertiary/aromatic N) is 4. The van der Waals surface area contributed by atoms with Gasteiger partial charge >= 0.3 is 0 Å². The monoisotopic (exact) mass is 287 g/mol. The van der Waals surface area contributed by atoms with Crippen LogP contribution in [-0.2, 0) is 0 Å². The predicted octanol–water partition coefficient (Wildman–Crippen LogP) is 2.98. The molecule has 2 rings (SSSR count). The van der Waals surface area contributed by atoms with Crippen molar-refractivity contribution in [2.45, 2.75) is 46.2 Å². The van der Waals surface area contributed by atoms with Crippen LogP contribution in [0, 0.1) is 5.92 Å². The fraction of sp³-hybridized carbons (Fsp3) is 0.562. The fourth-order valence-electron chi connectivity index (χ4n) is 2.44. The van der Waals surface area contributed by atoms with Crippen molar-refractivity contribution in [1.82, 2.24) is 25.5 Å². The molecule has 1 heterocycles. The molecule has 0 amide bonds. The normalized spacial score (nSPS) is 14.3. The third-order valence-electron chi connectivity index (χ3n) is 3.60. The topological polar surface area (TPSA) is 55.6 Å². The minimum atomic E-state index is 0.139. The second kappa shape index (κ2) is 7.31. The first-order chi connectivity index (χ1) is 10.1. The first-order valence-electron chi connectivity index (χ1n) is 7.69. The van der Waals surface area contributed by atoms with Crippen molar-refractivity contribution in [3.05, 3.63) is 41.7 Å². The molecule has 2 unspecified atom stereocenters. The lowest BCUT2D eigenvalue weighted by molar-refractivity contribution is 0.423. The van der Waals surface area contributed by atoms with E-state index in [1.807, 2.05) is 10.7 Å². The van der Waals surface area contributed by atoms with Gasteiger partial charge in [0.2, 0.25) is 0 Å². The minimum absolute atomic E-state index is 0.139. The van der Waals surface area contributed by atoms with Crippen LogP contribution < -0.4 is 5.32 Å². The van der Waals surface area contributed by atoms with E-state index < -0.39 is 0 Å². The molecule has 0 aliphatic heterocycles. The lowest BCUT2D eigenvalue weighted by Gasteiger charge is -2.20. The number of aromatic nitrogens is 4.